The van der Waals surface area contributed by atoms with Crippen LogP contribution >= 0.6 is 15.9 Å². The van der Waals surface area contributed by atoms with Crippen molar-refractivity contribution in [2.75, 3.05) is 31.2 Å². The van der Waals surface area contributed by atoms with Gasteiger partial charge in [0, 0.05) is 41.8 Å². The summed E-state index contributed by atoms with van der Waals surface area (Å²) in [5.74, 6) is 1.02. The van der Waals surface area contributed by atoms with Gasteiger partial charge in [0.1, 0.15) is 0 Å². The molecule has 0 aliphatic carbocycles. The highest BCUT2D eigenvalue weighted by molar-refractivity contribution is 9.10. The normalized spacial score (nSPS) is 14.4. The van der Waals surface area contributed by atoms with E-state index in [2.05, 4.69) is 61.9 Å². The topological polar surface area (TPSA) is 72.0 Å². The van der Waals surface area contributed by atoms with Crippen molar-refractivity contribution in [1.29, 1.82) is 0 Å². The van der Waals surface area contributed by atoms with Gasteiger partial charge in [0.05, 0.1) is 23.9 Å². The lowest BCUT2D eigenvalue weighted by atomic mass is 10.2. The summed E-state index contributed by atoms with van der Waals surface area (Å²) >= 11 is 3.52. The number of aromatic nitrogens is 1. The maximum atomic E-state index is 12.4. The Morgan fingerprint density at radius 1 is 1.10 bits per heavy atom. The van der Waals surface area contributed by atoms with E-state index in [1.54, 1.807) is 12.1 Å². The number of hydrazone groups is 1. The van der Waals surface area contributed by atoms with E-state index in [-0.39, 0.29) is 5.91 Å². The summed E-state index contributed by atoms with van der Waals surface area (Å²) in [5.41, 5.74) is 6.40. The largest absolute Gasteiger partial charge is 0.438 e. The third-order valence-electron chi connectivity index (χ3n) is 5.00. The van der Waals surface area contributed by atoms with Crippen molar-refractivity contribution in [3.8, 4) is 5.69 Å². The highest BCUT2D eigenvalue weighted by Crippen LogP contribution is 2.30. The lowest BCUT2D eigenvalue weighted by molar-refractivity contribution is 0.0955. The number of hydrogen-bond donors (Lipinski definition) is 1. The van der Waals surface area contributed by atoms with Crippen LogP contribution in [0.5, 0.6) is 0 Å². The van der Waals surface area contributed by atoms with Crippen LogP contribution < -0.4 is 10.3 Å². The maximum Gasteiger partial charge on any atom is 0.271 e. The number of benzene rings is 1. The maximum absolute atomic E-state index is 12.4. The van der Waals surface area contributed by atoms with Gasteiger partial charge in [0.25, 0.3) is 5.91 Å². The van der Waals surface area contributed by atoms with Gasteiger partial charge in [-0.25, -0.2) is 5.43 Å². The van der Waals surface area contributed by atoms with Gasteiger partial charge in [-0.05, 0) is 66.2 Å². The van der Waals surface area contributed by atoms with Gasteiger partial charge in [-0.3, -0.25) is 4.79 Å². The lowest BCUT2D eigenvalue weighted by Gasteiger charge is -2.26. The van der Waals surface area contributed by atoms with Crippen LogP contribution in [-0.4, -0.2) is 43.0 Å². The minimum atomic E-state index is -0.280. The average Bonchev–Trinajstić information content (AvgIpc) is 3.30. The molecule has 3 aromatic rings. The molecule has 1 amide bonds. The van der Waals surface area contributed by atoms with Crippen molar-refractivity contribution in [3.63, 3.8) is 0 Å². The summed E-state index contributed by atoms with van der Waals surface area (Å²) in [6.45, 7) is 7.01. The molecular formula is C22H23BrN4O3. The molecule has 1 aliphatic rings. The molecular weight excluding hydrogens is 448 g/mol. The number of furan rings is 1. The van der Waals surface area contributed by atoms with Crippen LogP contribution in [0.15, 0.2) is 56.5 Å². The van der Waals surface area contributed by atoms with Crippen molar-refractivity contribution in [2.24, 2.45) is 5.10 Å². The fourth-order valence-corrected chi connectivity index (χ4v) is 4.04. The van der Waals surface area contributed by atoms with E-state index in [0.29, 0.717) is 24.5 Å². The molecule has 1 fully saturated rings. The number of anilines is 1. The van der Waals surface area contributed by atoms with Gasteiger partial charge >= 0.3 is 0 Å². The first-order chi connectivity index (χ1) is 14.5. The minimum Gasteiger partial charge on any atom is -0.438 e. The molecule has 0 atom stereocenters. The quantitative estimate of drug-likeness (QED) is 0.450. The van der Waals surface area contributed by atoms with Crippen LogP contribution in [0.4, 0.5) is 5.88 Å². The molecule has 156 valence electrons. The van der Waals surface area contributed by atoms with E-state index in [1.165, 1.54) is 6.21 Å². The predicted molar refractivity (Wildman–Crippen MR) is 120 cm³/mol. The summed E-state index contributed by atoms with van der Waals surface area (Å²) in [6.07, 6.45) is 1.49. The highest BCUT2D eigenvalue weighted by Gasteiger charge is 2.18. The number of aryl methyl sites for hydroxylation is 2. The first-order valence-electron chi connectivity index (χ1n) is 9.74. The Hall–Kier alpha value is -2.84. The number of hydrogen-bond acceptors (Lipinski definition) is 5. The number of amides is 1. The van der Waals surface area contributed by atoms with Gasteiger partial charge in [-0.2, -0.15) is 5.10 Å². The second-order valence-corrected chi connectivity index (χ2v) is 7.95. The second kappa shape index (κ2) is 8.89. The molecule has 0 radical (unpaired) electrons. The molecule has 8 heteroatoms. The minimum absolute atomic E-state index is 0.280. The smallest absolute Gasteiger partial charge is 0.271 e. The fourth-order valence-electron chi connectivity index (χ4n) is 3.48. The lowest BCUT2D eigenvalue weighted by Crippen LogP contribution is -2.36. The van der Waals surface area contributed by atoms with Crippen molar-refractivity contribution in [1.82, 2.24) is 9.99 Å². The Morgan fingerprint density at radius 3 is 2.43 bits per heavy atom. The van der Waals surface area contributed by atoms with Gasteiger partial charge in [0.15, 0.2) is 5.76 Å². The zero-order chi connectivity index (χ0) is 21.1. The molecule has 2 aromatic heterocycles. The van der Waals surface area contributed by atoms with Crippen LogP contribution in [-0.2, 0) is 4.74 Å². The molecule has 0 bridgehead atoms. The van der Waals surface area contributed by atoms with Gasteiger partial charge in [-0.1, -0.05) is 0 Å². The molecule has 7 nitrogen and oxygen atoms in total. The molecule has 0 unspecified atom stereocenters. The molecule has 1 saturated heterocycles. The van der Waals surface area contributed by atoms with Crippen molar-refractivity contribution in [3.05, 3.63) is 69.6 Å². The first-order valence-corrected chi connectivity index (χ1v) is 10.5. The summed E-state index contributed by atoms with van der Waals surface area (Å²) < 4.78 is 14.2. The van der Waals surface area contributed by atoms with Gasteiger partial charge < -0.3 is 18.6 Å². The molecule has 1 aliphatic heterocycles. The Balaban J connectivity index is 1.39. The van der Waals surface area contributed by atoms with Crippen LogP contribution in [0.3, 0.4) is 0 Å². The number of ether oxygens (including phenoxy) is 1. The van der Waals surface area contributed by atoms with E-state index in [9.17, 15) is 4.79 Å². The Labute approximate surface area is 183 Å². The highest BCUT2D eigenvalue weighted by atomic mass is 79.9. The van der Waals surface area contributed by atoms with Gasteiger partial charge in [0.2, 0.25) is 5.88 Å². The number of carbonyl (C=O) groups excluding carboxylic acids is 1. The third kappa shape index (κ3) is 4.34. The van der Waals surface area contributed by atoms with E-state index >= 15 is 0 Å². The SMILES string of the molecule is Cc1ccc(C)n1-c1ccc(C(=O)N/N=C\c2cc(Br)c(N3CCOCC3)o2)cc1. The van der Waals surface area contributed by atoms with E-state index in [4.69, 9.17) is 9.15 Å². The zero-order valence-corrected chi connectivity index (χ0v) is 18.5. The molecule has 0 saturated carbocycles. The number of halogens is 1. The standard InChI is InChI=1S/C22H23BrN4O3/c1-15-3-4-16(2)27(15)18-7-5-17(6-8-18)21(28)25-24-14-19-13-20(23)22(30-19)26-9-11-29-12-10-26/h3-8,13-14H,9-12H2,1-2H3,(H,25,28)/b24-14-. The van der Waals surface area contributed by atoms with Crippen molar-refractivity contribution >= 4 is 33.9 Å². The second-order valence-electron chi connectivity index (χ2n) is 7.10. The molecule has 0 spiro atoms. The molecule has 1 aromatic carbocycles. The Morgan fingerprint density at radius 2 is 1.77 bits per heavy atom. The Bertz CT molecular complexity index is 1040. The third-order valence-corrected chi connectivity index (χ3v) is 5.57. The van der Waals surface area contributed by atoms with E-state index in [1.807, 2.05) is 18.2 Å². The number of nitrogens with one attached hydrogen (secondary N) is 1. The molecule has 3 heterocycles. The monoisotopic (exact) mass is 470 g/mol. The Kier molecular flexibility index (Phi) is 6.06. The summed E-state index contributed by atoms with van der Waals surface area (Å²) in [7, 11) is 0. The van der Waals surface area contributed by atoms with Crippen LogP contribution in [0.2, 0.25) is 0 Å². The number of rotatable bonds is 5. The van der Waals surface area contributed by atoms with Crippen LogP contribution in [0, 0.1) is 13.8 Å². The van der Waals surface area contributed by atoms with Gasteiger partial charge in [-0.15, -0.1) is 0 Å². The van der Waals surface area contributed by atoms with Crippen LogP contribution in [0.25, 0.3) is 5.69 Å². The fraction of sp³-hybridized carbons (Fsp3) is 0.273. The predicted octanol–water partition coefficient (Wildman–Crippen LogP) is 4.05. The zero-order valence-electron chi connectivity index (χ0n) is 16.9. The molecule has 1 N–H and O–H groups in total. The van der Waals surface area contributed by atoms with E-state index < -0.39 is 0 Å². The molecule has 30 heavy (non-hydrogen) atoms. The van der Waals surface area contributed by atoms with Crippen molar-refractivity contribution in [2.45, 2.75) is 13.8 Å². The summed E-state index contributed by atoms with van der Waals surface area (Å²) in [4.78, 5) is 14.5. The molecule has 4 rings (SSSR count). The number of morpholine rings is 1. The van der Waals surface area contributed by atoms with Crippen LogP contribution in [0.1, 0.15) is 27.5 Å². The number of carbonyl (C=O) groups is 1. The van der Waals surface area contributed by atoms with Crippen molar-refractivity contribution < 1.29 is 13.9 Å². The summed E-state index contributed by atoms with van der Waals surface area (Å²) in [6, 6.07) is 13.4. The van der Waals surface area contributed by atoms with E-state index in [0.717, 1.165) is 40.5 Å². The average molecular weight is 471 g/mol. The first kappa shape index (κ1) is 20.4. The summed E-state index contributed by atoms with van der Waals surface area (Å²) in [5, 5.41) is 4.03. The number of nitrogens with zero attached hydrogens (tertiary/aromatic N) is 3.